The molecule has 0 aromatic carbocycles. The van der Waals surface area contributed by atoms with Crippen LogP contribution in [-0.2, 0) is 11.2 Å². The molecule has 0 saturated heterocycles. The lowest BCUT2D eigenvalue weighted by molar-refractivity contribution is -0.117. The molecule has 1 aliphatic rings. The number of nitrogens with zero attached hydrogens (tertiary/aromatic N) is 3. The van der Waals surface area contributed by atoms with Gasteiger partial charge < -0.3 is 20.4 Å². The Balaban J connectivity index is 1.44. The molecule has 0 bridgehead atoms. The van der Waals surface area contributed by atoms with E-state index in [4.69, 9.17) is 4.42 Å². The van der Waals surface area contributed by atoms with E-state index in [0.29, 0.717) is 29.8 Å². The minimum Gasteiger partial charge on any atom is -0.472 e. The van der Waals surface area contributed by atoms with Gasteiger partial charge in [0.2, 0.25) is 4.96 Å². The van der Waals surface area contributed by atoms with Crippen LogP contribution in [0, 0.1) is 6.92 Å². The summed E-state index contributed by atoms with van der Waals surface area (Å²) in [4.78, 5) is 29.9. The normalized spacial score (nSPS) is 17.1. The van der Waals surface area contributed by atoms with Gasteiger partial charge in [-0.1, -0.05) is 11.3 Å². The molecule has 1 atom stereocenters. The Morgan fingerprint density at radius 3 is 3.04 bits per heavy atom. The topological polar surface area (TPSA) is 114 Å². The Morgan fingerprint density at radius 2 is 2.30 bits per heavy atom. The van der Waals surface area contributed by atoms with Crippen LogP contribution in [0.5, 0.6) is 0 Å². The van der Waals surface area contributed by atoms with Gasteiger partial charge in [0.1, 0.15) is 5.01 Å². The summed E-state index contributed by atoms with van der Waals surface area (Å²) < 4.78 is 6.84. The Morgan fingerprint density at radius 1 is 1.44 bits per heavy atom. The maximum Gasteiger partial charge on any atom is 0.319 e. The lowest BCUT2D eigenvalue weighted by Gasteiger charge is -2.27. The van der Waals surface area contributed by atoms with Gasteiger partial charge in [-0.2, -0.15) is 5.10 Å². The second-order valence-corrected chi connectivity index (χ2v) is 7.37. The van der Waals surface area contributed by atoms with Gasteiger partial charge in [-0.15, -0.1) is 0 Å². The van der Waals surface area contributed by atoms with Crippen LogP contribution in [0.2, 0.25) is 0 Å². The van der Waals surface area contributed by atoms with Gasteiger partial charge in [0, 0.05) is 24.2 Å². The van der Waals surface area contributed by atoms with Crippen LogP contribution in [0.3, 0.4) is 0 Å². The second kappa shape index (κ2) is 6.88. The van der Waals surface area contributed by atoms with E-state index in [2.05, 4.69) is 26.0 Å². The van der Waals surface area contributed by atoms with Crippen LogP contribution < -0.4 is 16.0 Å². The molecule has 3 aromatic heterocycles. The summed E-state index contributed by atoms with van der Waals surface area (Å²) >= 11 is 1.52. The third-order valence-electron chi connectivity index (χ3n) is 4.25. The van der Waals surface area contributed by atoms with E-state index in [0.717, 1.165) is 15.7 Å². The first kappa shape index (κ1) is 17.3. The molecular formula is C17H18N6O3S. The molecule has 0 aliphatic carbocycles. The molecule has 3 amide bonds. The highest BCUT2D eigenvalue weighted by Crippen LogP contribution is 2.26. The van der Waals surface area contributed by atoms with Gasteiger partial charge in [0.15, 0.2) is 0 Å². The number of nitrogens with one attached hydrogen (secondary N) is 3. The fourth-order valence-electron chi connectivity index (χ4n) is 3.05. The number of imidazole rings is 1. The number of amides is 3. The summed E-state index contributed by atoms with van der Waals surface area (Å²) in [6, 6.07) is 0.822. The second-order valence-electron chi connectivity index (χ2n) is 6.21. The highest BCUT2D eigenvalue weighted by atomic mass is 32.1. The summed E-state index contributed by atoms with van der Waals surface area (Å²) in [7, 11) is 0. The molecule has 3 aromatic rings. The number of aryl methyl sites for hydroxylation is 1. The molecule has 0 spiro atoms. The van der Waals surface area contributed by atoms with Crippen LogP contribution in [-0.4, -0.2) is 33.1 Å². The third kappa shape index (κ3) is 3.43. The average Bonchev–Trinajstić information content (AvgIpc) is 3.30. The van der Waals surface area contributed by atoms with E-state index in [-0.39, 0.29) is 11.9 Å². The molecule has 4 heterocycles. The number of furan rings is 1. The molecule has 140 valence electrons. The molecular weight excluding hydrogens is 368 g/mol. The highest BCUT2D eigenvalue weighted by Gasteiger charge is 2.31. The van der Waals surface area contributed by atoms with Gasteiger partial charge in [-0.05, 0) is 19.9 Å². The first-order valence-electron chi connectivity index (χ1n) is 8.41. The highest BCUT2D eigenvalue weighted by molar-refractivity contribution is 7.16. The molecule has 0 saturated carbocycles. The Bertz CT molecular complexity index is 1000. The van der Waals surface area contributed by atoms with Gasteiger partial charge in [0.25, 0.3) is 5.91 Å². The Labute approximate surface area is 158 Å². The molecule has 3 N–H and O–H groups in total. The number of fused-ring (bicyclic) bond motifs is 1. The standard InChI is InChI=1S/C17H18N6O3S/c1-9-13(14(21-16(25)19-9)11-4-6-26-8-11)15(24)18-5-3-12-7-23-17(20-12)27-10(2)22-23/h4,6-8,14H,3,5H2,1-2H3,(H,18,24)(H2,19,21,25)/t14-/m1/s1. The van der Waals surface area contributed by atoms with Crippen LogP contribution in [0.25, 0.3) is 4.96 Å². The van der Waals surface area contributed by atoms with E-state index in [1.165, 1.54) is 23.9 Å². The van der Waals surface area contributed by atoms with Gasteiger partial charge in [-0.3, -0.25) is 4.79 Å². The first-order chi connectivity index (χ1) is 13.0. The fraction of sp³-hybridized carbons (Fsp3) is 0.294. The summed E-state index contributed by atoms with van der Waals surface area (Å²) in [5.74, 6) is -0.249. The Kier molecular flexibility index (Phi) is 4.40. The quantitative estimate of drug-likeness (QED) is 0.617. The predicted molar refractivity (Wildman–Crippen MR) is 98.1 cm³/mol. The zero-order chi connectivity index (χ0) is 19.0. The number of rotatable bonds is 5. The van der Waals surface area contributed by atoms with Crippen molar-refractivity contribution >= 4 is 28.2 Å². The number of allylic oxidation sites excluding steroid dienone is 1. The Hall–Kier alpha value is -3.14. The predicted octanol–water partition coefficient (Wildman–Crippen LogP) is 1.68. The zero-order valence-corrected chi connectivity index (χ0v) is 15.6. The fourth-order valence-corrected chi connectivity index (χ4v) is 3.79. The van der Waals surface area contributed by atoms with Gasteiger partial charge in [-0.25, -0.2) is 14.3 Å². The van der Waals surface area contributed by atoms with E-state index in [1.807, 2.05) is 13.1 Å². The molecule has 10 heteroatoms. The van der Waals surface area contributed by atoms with E-state index in [9.17, 15) is 9.59 Å². The summed E-state index contributed by atoms with van der Waals surface area (Å²) in [6.07, 6.45) is 5.48. The maximum absolute atomic E-state index is 12.8. The monoisotopic (exact) mass is 386 g/mol. The number of aromatic nitrogens is 3. The van der Waals surface area contributed by atoms with Crippen LogP contribution in [0.4, 0.5) is 4.79 Å². The van der Waals surface area contributed by atoms with Crippen molar-refractivity contribution < 1.29 is 14.0 Å². The molecule has 4 rings (SSSR count). The van der Waals surface area contributed by atoms with E-state index in [1.54, 1.807) is 17.5 Å². The van der Waals surface area contributed by atoms with Crippen LogP contribution >= 0.6 is 11.3 Å². The van der Waals surface area contributed by atoms with Crippen molar-refractivity contribution in [2.75, 3.05) is 6.54 Å². The van der Waals surface area contributed by atoms with Crippen molar-refractivity contribution in [2.24, 2.45) is 0 Å². The number of urea groups is 1. The lowest BCUT2D eigenvalue weighted by atomic mass is 9.97. The van der Waals surface area contributed by atoms with Gasteiger partial charge >= 0.3 is 6.03 Å². The lowest BCUT2D eigenvalue weighted by Crippen LogP contribution is -2.47. The molecule has 9 nitrogen and oxygen atoms in total. The summed E-state index contributed by atoms with van der Waals surface area (Å²) in [6.45, 7) is 4.06. The summed E-state index contributed by atoms with van der Waals surface area (Å²) in [5.41, 5.74) is 2.55. The molecule has 1 aliphatic heterocycles. The molecule has 27 heavy (non-hydrogen) atoms. The number of carbonyl (C=O) groups is 2. The van der Waals surface area contributed by atoms with Crippen LogP contribution in [0.15, 0.2) is 40.5 Å². The van der Waals surface area contributed by atoms with Gasteiger partial charge in [0.05, 0.1) is 36.0 Å². The van der Waals surface area contributed by atoms with Crippen molar-refractivity contribution in [3.63, 3.8) is 0 Å². The van der Waals surface area contributed by atoms with E-state index < -0.39 is 6.04 Å². The van der Waals surface area contributed by atoms with Crippen molar-refractivity contribution in [3.8, 4) is 0 Å². The van der Waals surface area contributed by atoms with Crippen molar-refractivity contribution in [1.29, 1.82) is 0 Å². The summed E-state index contributed by atoms with van der Waals surface area (Å²) in [5, 5.41) is 13.6. The number of carbonyl (C=O) groups excluding carboxylic acids is 2. The maximum atomic E-state index is 12.8. The van der Waals surface area contributed by atoms with Crippen molar-refractivity contribution in [2.45, 2.75) is 26.3 Å². The minimum absolute atomic E-state index is 0.249. The van der Waals surface area contributed by atoms with E-state index >= 15 is 0 Å². The molecule has 0 unspecified atom stereocenters. The minimum atomic E-state index is -0.553. The molecule has 0 radical (unpaired) electrons. The third-order valence-corrected chi connectivity index (χ3v) is 5.09. The number of hydrogen-bond donors (Lipinski definition) is 3. The average molecular weight is 386 g/mol. The zero-order valence-electron chi connectivity index (χ0n) is 14.8. The van der Waals surface area contributed by atoms with Crippen molar-refractivity contribution in [3.05, 3.63) is 52.3 Å². The first-order valence-corrected chi connectivity index (χ1v) is 9.23. The largest absolute Gasteiger partial charge is 0.472 e. The number of hydrogen-bond acceptors (Lipinski definition) is 6. The smallest absolute Gasteiger partial charge is 0.319 e. The molecule has 0 fully saturated rings. The van der Waals surface area contributed by atoms with Crippen LogP contribution in [0.1, 0.15) is 29.2 Å². The SMILES string of the molecule is CC1=C(C(=O)NCCc2cn3nc(C)sc3n2)[C@@H](c2ccoc2)NC(=O)N1. The van der Waals surface area contributed by atoms with Crippen molar-refractivity contribution in [1.82, 2.24) is 30.5 Å².